The molecule has 0 spiro atoms. The van der Waals surface area contributed by atoms with Gasteiger partial charge in [0.1, 0.15) is 17.1 Å². The maximum Gasteiger partial charge on any atom is 0.348 e. The molecule has 2 aromatic carbocycles. The van der Waals surface area contributed by atoms with Gasteiger partial charge < -0.3 is 34.7 Å². The van der Waals surface area contributed by atoms with Crippen molar-refractivity contribution in [2.75, 3.05) is 7.11 Å². The van der Waals surface area contributed by atoms with Crippen LogP contribution in [-0.2, 0) is 9.53 Å². The second kappa shape index (κ2) is 9.00. The Bertz CT molecular complexity index is 1300. The number of carbonyl (C=O) groups excluding carboxylic acids is 1. The molecule has 32 heavy (non-hydrogen) atoms. The smallest absolute Gasteiger partial charge is 0.348 e. The Morgan fingerprint density at radius 2 is 1.41 bits per heavy atom. The standard InChI is InChI=1S/C23H18O9/c1-31-22(29)15(8-13-4-7-17(25)19(27)10-13)21-20(28)11-14(32-23(21)30)5-2-12-3-6-16(24)18(26)9-12/h2-11,24-28H,1H3/b5-2+,15-8-. The summed E-state index contributed by atoms with van der Waals surface area (Å²) in [5.74, 6) is -2.99. The third kappa shape index (κ3) is 4.73. The highest BCUT2D eigenvalue weighted by Crippen LogP contribution is 2.30. The molecule has 0 atom stereocenters. The molecular weight excluding hydrogens is 420 g/mol. The molecule has 3 rings (SSSR count). The van der Waals surface area contributed by atoms with Crippen LogP contribution >= 0.6 is 0 Å². The lowest BCUT2D eigenvalue weighted by molar-refractivity contribution is -0.133. The number of aromatic hydroxyl groups is 5. The topological polar surface area (TPSA) is 158 Å². The molecule has 1 aromatic heterocycles. The number of carbonyl (C=O) groups is 1. The maximum atomic E-state index is 12.6. The summed E-state index contributed by atoms with van der Waals surface area (Å²) in [7, 11) is 1.09. The molecule has 0 fully saturated rings. The lowest BCUT2D eigenvalue weighted by Crippen LogP contribution is -2.14. The van der Waals surface area contributed by atoms with Crippen LogP contribution in [0.15, 0.2) is 51.7 Å². The Kier molecular flexibility index (Phi) is 6.20. The second-order valence-electron chi connectivity index (χ2n) is 6.58. The Labute approximate surface area is 181 Å². The fourth-order valence-corrected chi connectivity index (χ4v) is 2.79. The van der Waals surface area contributed by atoms with Crippen molar-refractivity contribution >= 4 is 29.8 Å². The Balaban J connectivity index is 2.03. The normalized spacial score (nSPS) is 11.6. The fraction of sp³-hybridized carbons (Fsp3) is 0.0435. The largest absolute Gasteiger partial charge is 0.507 e. The van der Waals surface area contributed by atoms with Gasteiger partial charge >= 0.3 is 11.6 Å². The molecule has 0 aliphatic heterocycles. The molecule has 1 heterocycles. The minimum Gasteiger partial charge on any atom is -0.507 e. The van der Waals surface area contributed by atoms with E-state index in [0.717, 1.165) is 19.2 Å². The zero-order valence-electron chi connectivity index (χ0n) is 16.6. The molecule has 9 nitrogen and oxygen atoms in total. The van der Waals surface area contributed by atoms with Crippen LogP contribution in [0.3, 0.4) is 0 Å². The van der Waals surface area contributed by atoms with Crippen LogP contribution in [0, 0.1) is 0 Å². The van der Waals surface area contributed by atoms with Crippen molar-refractivity contribution in [3.63, 3.8) is 0 Å². The van der Waals surface area contributed by atoms with Gasteiger partial charge in [-0.2, -0.15) is 0 Å². The highest BCUT2D eigenvalue weighted by Gasteiger charge is 2.22. The van der Waals surface area contributed by atoms with Gasteiger partial charge in [-0.25, -0.2) is 9.59 Å². The van der Waals surface area contributed by atoms with Crippen molar-refractivity contribution in [3.05, 3.63) is 75.3 Å². The summed E-state index contributed by atoms with van der Waals surface area (Å²) in [6.45, 7) is 0. The first-order valence-corrected chi connectivity index (χ1v) is 9.09. The number of methoxy groups -OCH3 is 1. The molecule has 3 aromatic rings. The third-order valence-electron chi connectivity index (χ3n) is 4.37. The van der Waals surface area contributed by atoms with E-state index in [1.54, 1.807) is 0 Å². The van der Waals surface area contributed by atoms with Gasteiger partial charge in [-0.3, -0.25) is 0 Å². The van der Waals surface area contributed by atoms with E-state index in [1.807, 2.05) is 0 Å². The van der Waals surface area contributed by atoms with Crippen molar-refractivity contribution in [2.24, 2.45) is 0 Å². The predicted molar refractivity (Wildman–Crippen MR) is 115 cm³/mol. The maximum absolute atomic E-state index is 12.6. The molecule has 5 N–H and O–H groups in total. The van der Waals surface area contributed by atoms with Gasteiger partial charge in [-0.1, -0.05) is 18.2 Å². The molecule has 0 saturated heterocycles. The van der Waals surface area contributed by atoms with Gasteiger partial charge in [-0.05, 0) is 47.5 Å². The van der Waals surface area contributed by atoms with E-state index in [9.17, 15) is 35.1 Å². The highest BCUT2D eigenvalue weighted by atomic mass is 16.5. The van der Waals surface area contributed by atoms with Crippen molar-refractivity contribution in [1.29, 1.82) is 0 Å². The molecule has 0 aliphatic rings. The molecular formula is C23H18O9. The first-order chi connectivity index (χ1) is 15.2. The van der Waals surface area contributed by atoms with Crippen LogP contribution in [0.4, 0.5) is 0 Å². The number of hydrogen-bond donors (Lipinski definition) is 5. The first kappa shape index (κ1) is 22.0. The highest BCUT2D eigenvalue weighted by molar-refractivity contribution is 6.22. The van der Waals surface area contributed by atoms with Crippen LogP contribution < -0.4 is 5.63 Å². The average molecular weight is 438 g/mol. The Morgan fingerprint density at radius 3 is 1.97 bits per heavy atom. The average Bonchev–Trinajstić information content (AvgIpc) is 2.75. The monoisotopic (exact) mass is 438 g/mol. The quantitative estimate of drug-likeness (QED) is 0.229. The number of ether oxygens (including phenoxy) is 1. The van der Waals surface area contributed by atoms with E-state index >= 15 is 0 Å². The van der Waals surface area contributed by atoms with Crippen LogP contribution in [0.5, 0.6) is 28.7 Å². The van der Waals surface area contributed by atoms with Gasteiger partial charge in [0.2, 0.25) is 0 Å². The number of phenolic OH excluding ortho intramolecular Hbond substituents is 4. The van der Waals surface area contributed by atoms with Gasteiger partial charge in [0.05, 0.1) is 12.7 Å². The van der Waals surface area contributed by atoms with E-state index in [1.165, 1.54) is 48.6 Å². The minimum absolute atomic E-state index is 0.0460. The Morgan fingerprint density at radius 1 is 0.812 bits per heavy atom. The summed E-state index contributed by atoms with van der Waals surface area (Å²) >= 11 is 0. The van der Waals surface area contributed by atoms with E-state index in [2.05, 4.69) is 0 Å². The summed E-state index contributed by atoms with van der Waals surface area (Å²) in [5.41, 5.74) is -1.09. The number of esters is 1. The summed E-state index contributed by atoms with van der Waals surface area (Å²) in [6, 6.07) is 8.89. The number of rotatable bonds is 5. The van der Waals surface area contributed by atoms with E-state index < -0.39 is 28.7 Å². The second-order valence-corrected chi connectivity index (χ2v) is 6.58. The number of benzene rings is 2. The van der Waals surface area contributed by atoms with E-state index in [4.69, 9.17) is 9.15 Å². The summed E-state index contributed by atoms with van der Waals surface area (Å²) < 4.78 is 9.86. The molecule has 9 heteroatoms. The number of phenols is 4. The van der Waals surface area contributed by atoms with Gasteiger partial charge in [-0.15, -0.1) is 0 Å². The molecule has 0 radical (unpaired) electrons. The van der Waals surface area contributed by atoms with Crippen molar-refractivity contribution in [1.82, 2.24) is 0 Å². The van der Waals surface area contributed by atoms with E-state index in [-0.39, 0.29) is 34.1 Å². The zero-order valence-corrected chi connectivity index (χ0v) is 16.6. The van der Waals surface area contributed by atoms with Crippen LogP contribution in [0.1, 0.15) is 22.5 Å². The van der Waals surface area contributed by atoms with E-state index in [0.29, 0.717) is 5.56 Å². The van der Waals surface area contributed by atoms with Crippen LogP contribution in [0.2, 0.25) is 0 Å². The Hall–Kier alpha value is -4.66. The fourth-order valence-electron chi connectivity index (χ4n) is 2.79. The third-order valence-corrected chi connectivity index (χ3v) is 4.37. The van der Waals surface area contributed by atoms with Crippen LogP contribution in [0.25, 0.3) is 23.8 Å². The number of hydrogen-bond acceptors (Lipinski definition) is 9. The molecule has 0 aliphatic carbocycles. The molecule has 164 valence electrons. The van der Waals surface area contributed by atoms with Crippen molar-refractivity contribution in [3.8, 4) is 28.7 Å². The van der Waals surface area contributed by atoms with Crippen molar-refractivity contribution < 1.29 is 39.5 Å². The lowest BCUT2D eigenvalue weighted by atomic mass is 10.0. The lowest BCUT2D eigenvalue weighted by Gasteiger charge is -2.08. The summed E-state index contributed by atoms with van der Waals surface area (Å²) in [4.78, 5) is 24.8. The summed E-state index contributed by atoms with van der Waals surface area (Å²) in [6.07, 6.45) is 3.99. The minimum atomic E-state index is -1.03. The predicted octanol–water partition coefficient (Wildman–Crippen LogP) is 3.05. The van der Waals surface area contributed by atoms with Gasteiger partial charge in [0.15, 0.2) is 23.0 Å². The van der Waals surface area contributed by atoms with Crippen molar-refractivity contribution in [2.45, 2.75) is 0 Å². The zero-order chi connectivity index (χ0) is 23.4. The van der Waals surface area contributed by atoms with Crippen LogP contribution in [-0.4, -0.2) is 38.6 Å². The molecule has 0 bridgehead atoms. The van der Waals surface area contributed by atoms with Gasteiger partial charge in [0, 0.05) is 6.07 Å². The summed E-state index contributed by atoms with van der Waals surface area (Å²) in [5, 5.41) is 48.4. The molecule has 0 unspecified atom stereocenters. The first-order valence-electron chi connectivity index (χ1n) is 9.09. The van der Waals surface area contributed by atoms with Gasteiger partial charge in [0.25, 0.3) is 0 Å². The SMILES string of the molecule is COC(=O)/C(=C\c1ccc(O)c(O)c1)c1c(O)cc(/C=C/c2ccc(O)c(O)c2)oc1=O. The molecule has 0 amide bonds. The molecule has 0 saturated carbocycles.